The average molecular weight is 355 g/mol. The number of carbonyl (C=O) groups is 1. The van der Waals surface area contributed by atoms with Gasteiger partial charge in [-0.2, -0.15) is 0 Å². The van der Waals surface area contributed by atoms with E-state index in [4.69, 9.17) is 4.74 Å². The number of pyridine rings is 2. The number of rotatable bonds is 3. The lowest BCUT2D eigenvalue weighted by molar-refractivity contribution is 0.0532. The van der Waals surface area contributed by atoms with Gasteiger partial charge in [-0.25, -0.2) is 9.78 Å². The van der Waals surface area contributed by atoms with Gasteiger partial charge < -0.3 is 15.0 Å². The van der Waals surface area contributed by atoms with Crippen molar-refractivity contribution in [2.24, 2.45) is 0 Å². The fourth-order valence-corrected chi connectivity index (χ4v) is 3.70. The first kappa shape index (κ1) is 17.0. The van der Waals surface area contributed by atoms with Crippen LogP contribution < -0.4 is 15.5 Å². The molecule has 2 aliphatic rings. The van der Waals surface area contributed by atoms with E-state index in [0.717, 1.165) is 49.3 Å². The number of nitrogens with one attached hydrogen (secondary N) is 2. The van der Waals surface area contributed by atoms with Gasteiger partial charge in [0.2, 0.25) is 0 Å². The molecule has 1 unspecified atom stereocenters. The van der Waals surface area contributed by atoms with Crippen molar-refractivity contribution >= 4 is 28.6 Å². The summed E-state index contributed by atoms with van der Waals surface area (Å²) in [6.45, 7) is 4.48. The minimum atomic E-state index is -0.185. The summed E-state index contributed by atoms with van der Waals surface area (Å²) >= 11 is 0. The van der Waals surface area contributed by atoms with Crippen molar-refractivity contribution in [3.05, 3.63) is 24.4 Å². The normalized spacial score (nSPS) is 21.1. The number of anilines is 2. The number of hydrogen-bond acceptors (Lipinski definition) is 5. The van der Waals surface area contributed by atoms with Crippen molar-refractivity contribution < 1.29 is 9.53 Å². The molecule has 0 spiro atoms. The van der Waals surface area contributed by atoms with E-state index >= 15 is 0 Å². The molecule has 2 aromatic rings. The zero-order valence-corrected chi connectivity index (χ0v) is 15.1. The lowest BCUT2D eigenvalue weighted by Gasteiger charge is -2.32. The van der Waals surface area contributed by atoms with Gasteiger partial charge in [0.1, 0.15) is 5.82 Å². The number of ether oxygens (including phenoxy) is 1. The molecular weight excluding hydrogens is 330 g/mol. The van der Waals surface area contributed by atoms with Gasteiger partial charge in [0.25, 0.3) is 0 Å². The molecule has 2 aromatic heterocycles. The van der Waals surface area contributed by atoms with Gasteiger partial charge in [-0.15, -0.1) is 0 Å². The van der Waals surface area contributed by atoms with Crippen LogP contribution in [0.15, 0.2) is 24.4 Å². The number of aromatic nitrogens is 2. The highest BCUT2D eigenvalue weighted by atomic mass is 16.5. The quantitative estimate of drug-likeness (QED) is 0.885. The summed E-state index contributed by atoms with van der Waals surface area (Å²) < 4.78 is 5.60. The van der Waals surface area contributed by atoms with Crippen LogP contribution in [-0.4, -0.2) is 47.8 Å². The summed E-state index contributed by atoms with van der Waals surface area (Å²) in [5, 5.41) is 5.86. The summed E-state index contributed by atoms with van der Waals surface area (Å²) in [5.74, 6) is 0.544. The molecule has 0 radical (unpaired) electrons. The van der Waals surface area contributed by atoms with Crippen LogP contribution in [0.4, 0.5) is 16.3 Å². The minimum Gasteiger partial charge on any atom is -0.375 e. The number of fused-ring (bicyclic) bond motifs is 1. The Bertz CT molecular complexity index is 791. The van der Waals surface area contributed by atoms with Crippen molar-refractivity contribution in [3.63, 3.8) is 0 Å². The van der Waals surface area contributed by atoms with Crippen LogP contribution in [-0.2, 0) is 4.74 Å². The third-order valence-electron chi connectivity index (χ3n) is 5.06. The monoisotopic (exact) mass is 355 g/mol. The Hall–Kier alpha value is -2.41. The zero-order valence-electron chi connectivity index (χ0n) is 15.1. The molecule has 138 valence electrons. The summed E-state index contributed by atoms with van der Waals surface area (Å²) in [6, 6.07) is 5.81. The van der Waals surface area contributed by atoms with Gasteiger partial charge in [0.05, 0.1) is 35.6 Å². The third kappa shape index (κ3) is 3.88. The first-order chi connectivity index (χ1) is 12.7. The smallest absolute Gasteiger partial charge is 0.320 e. The van der Waals surface area contributed by atoms with E-state index in [1.54, 1.807) is 6.07 Å². The van der Waals surface area contributed by atoms with Gasteiger partial charge in [-0.05, 0) is 38.0 Å². The average Bonchev–Trinajstić information content (AvgIpc) is 3.14. The second-order valence-electron chi connectivity index (χ2n) is 7.14. The second kappa shape index (κ2) is 7.45. The predicted molar refractivity (Wildman–Crippen MR) is 102 cm³/mol. The maximum atomic E-state index is 12.2. The summed E-state index contributed by atoms with van der Waals surface area (Å²) in [4.78, 5) is 23.5. The van der Waals surface area contributed by atoms with E-state index < -0.39 is 0 Å². The Morgan fingerprint density at radius 3 is 2.92 bits per heavy atom. The zero-order chi connectivity index (χ0) is 17.9. The topological polar surface area (TPSA) is 79.4 Å². The molecule has 1 saturated carbocycles. The first-order valence-corrected chi connectivity index (χ1v) is 9.38. The van der Waals surface area contributed by atoms with Gasteiger partial charge in [-0.1, -0.05) is 12.8 Å². The molecule has 7 nitrogen and oxygen atoms in total. The van der Waals surface area contributed by atoms with Crippen molar-refractivity contribution in [1.82, 2.24) is 15.3 Å². The highest BCUT2D eigenvalue weighted by molar-refractivity contribution is 5.90. The molecule has 1 aliphatic heterocycles. The van der Waals surface area contributed by atoms with E-state index in [0.29, 0.717) is 5.82 Å². The summed E-state index contributed by atoms with van der Waals surface area (Å²) in [7, 11) is 0. The van der Waals surface area contributed by atoms with Crippen LogP contribution in [0.5, 0.6) is 0 Å². The Morgan fingerprint density at radius 2 is 2.12 bits per heavy atom. The lowest BCUT2D eigenvalue weighted by atomic mass is 10.2. The molecule has 2 N–H and O–H groups in total. The van der Waals surface area contributed by atoms with Crippen molar-refractivity contribution in [2.45, 2.75) is 44.8 Å². The van der Waals surface area contributed by atoms with Crippen LogP contribution in [0, 0.1) is 0 Å². The van der Waals surface area contributed by atoms with E-state index in [1.807, 2.05) is 18.3 Å². The molecule has 4 rings (SSSR count). The fraction of sp³-hybridized carbons (Fsp3) is 0.526. The Morgan fingerprint density at radius 1 is 1.27 bits per heavy atom. The number of hydrogen-bond donors (Lipinski definition) is 2. The number of amides is 2. The van der Waals surface area contributed by atoms with Gasteiger partial charge in [-0.3, -0.25) is 10.3 Å². The Kier molecular flexibility index (Phi) is 4.88. The fourth-order valence-electron chi connectivity index (χ4n) is 3.70. The van der Waals surface area contributed by atoms with E-state index in [1.165, 1.54) is 12.8 Å². The lowest BCUT2D eigenvalue weighted by Crippen LogP contribution is -2.41. The van der Waals surface area contributed by atoms with Crippen LogP contribution in [0.3, 0.4) is 0 Å². The largest absolute Gasteiger partial charge is 0.375 e. The molecule has 26 heavy (non-hydrogen) atoms. The number of morpholine rings is 1. The first-order valence-electron chi connectivity index (χ1n) is 9.38. The number of urea groups is 1. The molecule has 0 bridgehead atoms. The molecular formula is C19H25N5O2. The maximum Gasteiger partial charge on any atom is 0.320 e. The molecule has 7 heteroatoms. The van der Waals surface area contributed by atoms with Gasteiger partial charge in [0.15, 0.2) is 0 Å². The number of carbonyl (C=O) groups excluding carboxylic acids is 1. The Labute approximate surface area is 153 Å². The summed E-state index contributed by atoms with van der Waals surface area (Å²) in [6.07, 6.45) is 6.58. The van der Waals surface area contributed by atoms with E-state index in [-0.39, 0.29) is 18.2 Å². The Balaban J connectivity index is 1.48. The second-order valence-corrected chi connectivity index (χ2v) is 7.14. The van der Waals surface area contributed by atoms with Crippen LogP contribution in [0.25, 0.3) is 11.0 Å². The van der Waals surface area contributed by atoms with Crippen LogP contribution in [0.2, 0.25) is 0 Å². The molecule has 1 saturated heterocycles. The standard InChI is InChI=1S/C19H25N5O2/c1-13-12-24(8-9-26-13)15-10-17-16(20-11-15)6-7-18(22-17)23-19(25)21-14-4-2-3-5-14/h6-7,10-11,13-14H,2-5,8-9,12H2,1H3,(H2,21,22,23,25). The molecule has 2 fully saturated rings. The molecule has 2 amide bonds. The van der Waals surface area contributed by atoms with E-state index in [2.05, 4.69) is 32.4 Å². The minimum absolute atomic E-state index is 0.185. The molecule has 1 aliphatic carbocycles. The van der Waals surface area contributed by atoms with Crippen LogP contribution in [0.1, 0.15) is 32.6 Å². The van der Waals surface area contributed by atoms with Crippen molar-refractivity contribution in [1.29, 1.82) is 0 Å². The van der Waals surface area contributed by atoms with Gasteiger partial charge in [0, 0.05) is 19.1 Å². The summed E-state index contributed by atoms with van der Waals surface area (Å²) in [5.41, 5.74) is 2.63. The molecule has 3 heterocycles. The maximum absolute atomic E-state index is 12.2. The number of nitrogens with zero attached hydrogens (tertiary/aromatic N) is 3. The highest BCUT2D eigenvalue weighted by Gasteiger charge is 2.19. The predicted octanol–water partition coefficient (Wildman–Crippen LogP) is 2.92. The van der Waals surface area contributed by atoms with E-state index in [9.17, 15) is 4.79 Å². The highest BCUT2D eigenvalue weighted by Crippen LogP contribution is 2.22. The van der Waals surface area contributed by atoms with Crippen molar-refractivity contribution in [2.75, 3.05) is 29.9 Å². The van der Waals surface area contributed by atoms with Crippen molar-refractivity contribution in [3.8, 4) is 0 Å². The third-order valence-corrected chi connectivity index (χ3v) is 5.06. The SMILES string of the molecule is CC1CN(c2cnc3ccc(NC(=O)NC4CCCC4)nc3c2)CCO1. The van der Waals surface area contributed by atoms with Crippen LogP contribution >= 0.6 is 0 Å². The van der Waals surface area contributed by atoms with Gasteiger partial charge >= 0.3 is 6.03 Å². The molecule has 1 atom stereocenters. The molecule has 0 aromatic carbocycles.